The molecule has 0 aromatic heterocycles. The quantitative estimate of drug-likeness (QED) is 0.511. The van der Waals surface area contributed by atoms with Gasteiger partial charge in [0.25, 0.3) is 0 Å². The fraction of sp³-hybridized carbons (Fsp3) is 0.333. The van der Waals surface area contributed by atoms with Gasteiger partial charge in [-0.2, -0.15) is 0 Å². The summed E-state index contributed by atoms with van der Waals surface area (Å²) in [5, 5.41) is 9.99. The molecule has 0 heterocycles. The fourth-order valence-electron chi connectivity index (χ4n) is 0. The van der Waals surface area contributed by atoms with Crippen LogP contribution < -0.4 is 5.32 Å². The van der Waals surface area contributed by atoms with Crippen molar-refractivity contribution in [3.8, 4) is 0 Å². The first kappa shape index (κ1) is 11.5. The number of hydrogen-bond acceptors (Lipinski definition) is 2. The van der Waals surface area contributed by atoms with Gasteiger partial charge in [0.05, 0.1) is 0 Å². The SMILES string of the molecule is C=CC(=O)O.CNC(C)=O. The monoisotopic (exact) mass is 145 g/mol. The number of carbonyl (C=O) groups excluding carboxylic acids is 1. The van der Waals surface area contributed by atoms with E-state index < -0.39 is 5.97 Å². The molecule has 0 aromatic carbocycles. The summed E-state index contributed by atoms with van der Waals surface area (Å²) in [6, 6.07) is 0. The number of carbonyl (C=O) groups is 2. The zero-order valence-corrected chi connectivity index (χ0v) is 6.05. The van der Waals surface area contributed by atoms with E-state index in [1.54, 1.807) is 7.05 Å². The molecule has 0 aromatic rings. The van der Waals surface area contributed by atoms with Crippen molar-refractivity contribution in [2.75, 3.05) is 7.05 Å². The number of amides is 1. The number of carboxylic acids is 1. The van der Waals surface area contributed by atoms with Crippen LogP contribution in [-0.2, 0) is 9.59 Å². The molecule has 0 aliphatic heterocycles. The van der Waals surface area contributed by atoms with E-state index in [1.165, 1.54) is 6.92 Å². The molecule has 4 heteroatoms. The van der Waals surface area contributed by atoms with Gasteiger partial charge in [-0.15, -0.1) is 0 Å². The molecule has 0 unspecified atom stereocenters. The lowest BCUT2D eigenvalue weighted by Crippen LogP contribution is -2.11. The third kappa shape index (κ3) is 30.0. The van der Waals surface area contributed by atoms with Crippen molar-refractivity contribution in [2.45, 2.75) is 6.92 Å². The van der Waals surface area contributed by atoms with Gasteiger partial charge in [0, 0.05) is 20.0 Å². The summed E-state index contributed by atoms with van der Waals surface area (Å²) in [7, 11) is 1.60. The van der Waals surface area contributed by atoms with Crippen LogP contribution in [0.4, 0.5) is 0 Å². The van der Waals surface area contributed by atoms with Crippen molar-refractivity contribution in [1.82, 2.24) is 5.32 Å². The van der Waals surface area contributed by atoms with Gasteiger partial charge in [-0.1, -0.05) is 6.58 Å². The van der Waals surface area contributed by atoms with E-state index in [0.717, 1.165) is 6.08 Å². The lowest BCUT2D eigenvalue weighted by atomic mass is 10.7. The van der Waals surface area contributed by atoms with Crippen molar-refractivity contribution >= 4 is 11.9 Å². The fourth-order valence-corrected chi connectivity index (χ4v) is 0. The summed E-state index contributed by atoms with van der Waals surface area (Å²) in [6.07, 6.45) is 0.833. The Balaban J connectivity index is 0. The molecular weight excluding hydrogens is 134 g/mol. The first-order valence-corrected chi connectivity index (χ1v) is 2.58. The lowest BCUT2D eigenvalue weighted by molar-refractivity contribution is -0.131. The maximum atomic E-state index is 9.70. The second-order valence-electron chi connectivity index (χ2n) is 1.35. The summed E-state index contributed by atoms with van der Waals surface area (Å²) >= 11 is 0. The number of rotatable bonds is 1. The molecule has 0 radical (unpaired) electrons. The number of aliphatic carboxylic acids is 1. The molecule has 2 N–H and O–H groups in total. The molecule has 4 nitrogen and oxygen atoms in total. The normalized spacial score (nSPS) is 6.60. The van der Waals surface area contributed by atoms with Crippen LogP contribution in [-0.4, -0.2) is 24.0 Å². The summed E-state index contributed by atoms with van der Waals surface area (Å²) < 4.78 is 0. The molecule has 10 heavy (non-hydrogen) atoms. The molecule has 0 rings (SSSR count). The predicted molar refractivity (Wildman–Crippen MR) is 37.6 cm³/mol. The highest BCUT2D eigenvalue weighted by atomic mass is 16.4. The van der Waals surface area contributed by atoms with Gasteiger partial charge >= 0.3 is 5.97 Å². The number of hydrogen-bond donors (Lipinski definition) is 2. The maximum absolute atomic E-state index is 9.70. The zero-order valence-electron chi connectivity index (χ0n) is 6.05. The van der Waals surface area contributed by atoms with Gasteiger partial charge in [-0.05, 0) is 0 Å². The van der Waals surface area contributed by atoms with Crippen LogP contribution in [0.25, 0.3) is 0 Å². The average Bonchev–Trinajstić information content (AvgIpc) is 1.89. The Kier molecular flexibility index (Phi) is 8.81. The van der Waals surface area contributed by atoms with Gasteiger partial charge in [0.1, 0.15) is 0 Å². The molecule has 0 aliphatic rings. The Morgan fingerprint density at radius 1 is 1.60 bits per heavy atom. The van der Waals surface area contributed by atoms with Gasteiger partial charge in [-0.25, -0.2) is 4.79 Å². The highest BCUT2D eigenvalue weighted by Crippen LogP contribution is 1.54. The van der Waals surface area contributed by atoms with E-state index in [1.807, 2.05) is 0 Å². The summed E-state index contributed by atoms with van der Waals surface area (Å²) in [5.41, 5.74) is 0. The van der Waals surface area contributed by atoms with Crippen molar-refractivity contribution in [3.05, 3.63) is 12.7 Å². The first-order valence-electron chi connectivity index (χ1n) is 2.58. The van der Waals surface area contributed by atoms with Gasteiger partial charge in [-0.3, -0.25) is 4.79 Å². The van der Waals surface area contributed by atoms with E-state index in [9.17, 15) is 9.59 Å². The van der Waals surface area contributed by atoms with Crippen molar-refractivity contribution in [2.24, 2.45) is 0 Å². The summed E-state index contributed by atoms with van der Waals surface area (Å²) in [6.45, 7) is 4.43. The summed E-state index contributed by atoms with van der Waals surface area (Å²) in [5.74, 6) is -0.977. The second kappa shape index (κ2) is 7.68. The molecule has 0 atom stereocenters. The van der Waals surface area contributed by atoms with E-state index in [2.05, 4.69) is 11.9 Å². The molecule has 0 fully saturated rings. The second-order valence-corrected chi connectivity index (χ2v) is 1.35. The Bertz CT molecular complexity index is 131. The highest BCUT2D eigenvalue weighted by Gasteiger charge is 1.73. The summed E-state index contributed by atoms with van der Waals surface area (Å²) in [4.78, 5) is 19.0. The predicted octanol–water partition coefficient (Wildman–Crippen LogP) is 0.00930. The third-order valence-electron chi connectivity index (χ3n) is 0.527. The van der Waals surface area contributed by atoms with Crippen LogP contribution in [0.5, 0.6) is 0 Å². The van der Waals surface area contributed by atoms with Crippen LogP contribution in [0.1, 0.15) is 6.92 Å². The smallest absolute Gasteiger partial charge is 0.327 e. The molecule has 58 valence electrons. The van der Waals surface area contributed by atoms with E-state index in [4.69, 9.17) is 5.11 Å². The minimum atomic E-state index is -0.981. The average molecular weight is 145 g/mol. The molecule has 0 saturated carbocycles. The van der Waals surface area contributed by atoms with Crippen LogP contribution in [0.3, 0.4) is 0 Å². The van der Waals surface area contributed by atoms with E-state index in [0.29, 0.717) is 0 Å². The largest absolute Gasteiger partial charge is 0.478 e. The van der Waals surface area contributed by atoms with Crippen molar-refractivity contribution in [3.63, 3.8) is 0 Å². The Labute approximate surface area is 59.5 Å². The molecule has 0 bridgehead atoms. The van der Waals surface area contributed by atoms with E-state index >= 15 is 0 Å². The number of nitrogens with one attached hydrogen (secondary N) is 1. The van der Waals surface area contributed by atoms with Gasteiger partial charge < -0.3 is 10.4 Å². The van der Waals surface area contributed by atoms with Crippen molar-refractivity contribution < 1.29 is 14.7 Å². The minimum Gasteiger partial charge on any atom is -0.478 e. The Hall–Kier alpha value is -1.32. The van der Waals surface area contributed by atoms with Crippen molar-refractivity contribution in [1.29, 1.82) is 0 Å². The molecule has 1 amide bonds. The molecule has 0 saturated heterocycles. The topological polar surface area (TPSA) is 66.4 Å². The van der Waals surface area contributed by atoms with Gasteiger partial charge in [0.2, 0.25) is 5.91 Å². The standard InChI is InChI=1S/C3H7NO.C3H4O2/c1-3(5)4-2;1-2-3(4)5/h1-2H3,(H,4,5);2H,1H2,(H,4,5). The lowest BCUT2D eigenvalue weighted by Gasteiger charge is -1.80. The Morgan fingerprint density at radius 3 is 1.80 bits per heavy atom. The van der Waals surface area contributed by atoms with E-state index in [-0.39, 0.29) is 5.91 Å². The first-order chi connectivity index (χ1) is 4.54. The highest BCUT2D eigenvalue weighted by molar-refractivity contribution is 5.78. The zero-order chi connectivity index (χ0) is 8.57. The minimum absolute atomic E-state index is 0.00463. The molecule has 0 spiro atoms. The van der Waals surface area contributed by atoms with Gasteiger partial charge in [0.15, 0.2) is 0 Å². The van der Waals surface area contributed by atoms with Crippen LogP contribution in [0, 0.1) is 0 Å². The van der Waals surface area contributed by atoms with Crippen LogP contribution in [0.15, 0.2) is 12.7 Å². The molecular formula is C6H11NO3. The number of carboxylic acid groups (broad SMARTS) is 1. The third-order valence-corrected chi connectivity index (χ3v) is 0.527. The van der Waals surface area contributed by atoms with Crippen LogP contribution >= 0.6 is 0 Å². The molecule has 0 aliphatic carbocycles. The Morgan fingerprint density at radius 2 is 1.80 bits per heavy atom. The maximum Gasteiger partial charge on any atom is 0.327 e. The van der Waals surface area contributed by atoms with Crippen LogP contribution in [0.2, 0.25) is 0 Å².